The van der Waals surface area contributed by atoms with E-state index >= 15 is 0 Å². The van der Waals surface area contributed by atoms with Gasteiger partial charge in [-0.2, -0.15) is 13.2 Å². The molecule has 1 N–H and O–H groups in total. The minimum Gasteiger partial charge on any atom is -0.376 e. The second-order valence-corrected chi connectivity index (χ2v) is 6.29. The van der Waals surface area contributed by atoms with Gasteiger partial charge < -0.3 is 10.2 Å². The van der Waals surface area contributed by atoms with E-state index in [2.05, 4.69) is 5.32 Å². The van der Waals surface area contributed by atoms with E-state index in [1.54, 1.807) is 4.90 Å². The standard InChI is InChI=1S/C18H16ClF3N2O/c19-16-6-5-14(9-15(16)18(20,21)22)23-10-17(25)24-8-7-12-3-1-2-4-13(12)11-24/h1-6,9,23H,7-8,10-11H2. The lowest BCUT2D eigenvalue weighted by Crippen LogP contribution is -2.39. The first-order valence-corrected chi connectivity index (χ1v) is 8.17. The summed E-state index contributed by atoms with van der Waals surface area (Å²) in [7, 11) is 0. The molecule has 3 nitrogen and oxygen atoms in total. The number of rotatable bonds is 3. The van der Waals surface area contributed by atoms with Crippen LogP contribution in [0.3, 0.4) is 0 Å². The van der Waals surface area contributed by atoms with Gasteiger partial charge >= 0.3 is 6.18 Å². The van der Waals surface area contributed by atoms with Gasteiger partial charge in [-0.15, -0.1) is 0 Å². The highest BCUT2D eigenvalue weighted by Crippen LogP contribution is 2.36. The predicted octanol–water partition coefficient (Wildman–Crippen LogP) is 4.36. The number of carbonyl (C=O) groups is 1. The molecule has 0 spiro atoms. The van der Waals surface area contributed by atoms with Crippen LogP contribution in [0.1, 0.15) is 16.7 Å². The molecule has 0 aromatic heterocycles. The summed E-state index contributed by atoms with van der Waals surface area (Å²) in [5.41, 5.74) is 1.63. The van der Waals surface area contributed by atoms with E-state index in [1.165, 1.54) is 17.7 Å². The van der Waals surface area contributed by atoms with Crippen LogP contribution in [0.15, 0.2) is 42.5 Å². The van der Waals surface area contributed by atoms with Crippen molar-refractivity contribution >= 4 is 23.2 Å². The number of amides is 1. The minimum atomic E-state index is -4.53. The van der Waals surface area contributed by atoms with Crippen molar-refractivity contribution in [3.63, 3.8) is 0 Å². The number of hydrogen-bond acceptors (Lipinski definition) is 2. The Morgan fingerprint density at radius 1 is 1.16 bits per heavy atom. The Kier molecular flexibility index (Phi) is 4.90. The lowest BCUT2D eigenvalue weighted by Gasteiger charge is -2.29. The molecular formula is C18H16ClF3N2O. The number of anilines is 1. The van der Waals surface area contributed by atoms with Crippen molar-refractivity contribution in [3.05, 3.63) is 64.2 Å². The molecule has 0 saturated heterocycles. The van der Waals surface area contributed by atoms with Crippen LogP contribution in [0, 0.1) is 0 Å². The van der Waals surface area contributed by atoms with Crippen molar-refractivity contribution in [1.29, 1.82) is 0 Å². The number of alkyl halides is 3. The first-order chi connectivity index (χ1) is 11.8. The fourth-order valence-electron chi connectivity index (χ4n) is 2.85. The molecule has 0 fully saturated rings. The molecule has 0 atom stereocenters. The highest BCUT2D eigenvalue weighted by Gasteiger charge is 2.33. The Morgan fingerprint density at radius 3 is 2.60 bits per heavy atom. The maximum atomic E-state index is 12.9. The summed E-state index contributed by atoms with van der Waals surface area (Å²) in [4.78, 5) is 14.0. The summed E-state index contributed by atoms with van der Waals surface area (Å²) in [6.07, 6.45) is -3.75. The Hall–Kier alpha value is -2.21. The zero-order valence-corrected chi connectivity index (χ0v) is 14.0. The van der Waals surface area contributed by atoms with Crippen molar-refractivity contribution in [3.8, 4) is 0 Å². The number of hydrogen-bond donors (Lipinski definition) is 1. The van der Waals surface area contributed by atoms with Gasteiger partial charge in [-0.05, 0) is 35.7 Å². The normalized spacial score (nSPS) is 14.2. The average Bonchev–Trinajstić information content (AvgIpc) is 2.59. The molecule has 0 bridgehead atoms. The molecule has 0 radical (unpaired) electrons. The van der Waals surface area contributed by atoms with Crippen LogP contribution in [0.4, 0.5) is 18.9 Å². The van der Waals surface area contributed by atoms with Crippen molar-refractivity contribution < 1.29 is 18.0 Å². The first kappa shape index (κ1) is 17.6. The van der Waals surface area contributed by atoms with E-state index in [-0.39, 0.29) is 23.2 Å². The third kappa shape index (κ3) is 4.07. The zero-order valence-electron chi connectivity index (χ0n) is 13.2. The van der Waals surface area contributed by atoms with Gasteiger partial charge in [0.1, 0.15) is 0 Å². The van der Waals surface area contributed by atoms with Gasteiger partial charge in [0.15, 0.2) is 0 Å². The molecule has 3 rings (SSSR count). The molecule has 2 aromatic rings. The third-order valence-electron chi connectivity index (χ3n) is 4.20. The SMILES string of the molecule is O=C(CNc1ccc(Cl)c(C(F)(F)F)c1)N1CCc2ccccc2C1. The van der Waals surface area contributed by atoms with Crippen LogP contribution in [-0.4, -0.2) is 23.9 Å². The van der Waals surface area contributed by atoms with Crippen molar-refractivity contribution in [2.45, 2.75) is 19.1 Å². The summed E-state index contributed by atoms with van der Waals surface area (Å²) in [5.74, 6) is -0.155. The summed E-state index contributed by atoms with van der Waals surface area (Å²) in [5, 5.41) is 2.39. The Balaban J connectivity index is 1.64. The monoisotopic (exact) mass is 368 g/mol. The Morgan fingerprint density at radius 2 is 1.88 bits per heavy atom. The fourth-order valence-corrected chi connectivity index (χ4v) is 3.08. The number of carbonyl (C=O) groups excluding carboxylic acids is 1. The van der Waals surface area contributed by atoms with Gasteiger partial charge in [0.2, 0.25) is 5.91 Å². The predicted molar refractivity (Wildman–Crippen MR) is 90.5 cm³/mol. The van der Waals surface area contributed by atoms with Crippen LogP contribution in [-0.2, 0) is 23.9 Å². The van der Waals surface area contributed by atoms with Gasteiger partial charge in [0, 0.05) is 18.8 Å². The maximum absolute atomic E-state index is 12.9. The largest absolute Gasteiger partial charge is 0.417 e. The van der Waals surface area contributed by atoms with Crippen LogP contribution in [0.5, 0.6) is 0 Å². The van der Waals surface area contributed by atoms with Gasteiger partial charge in [0.05, 0.1) is 17.1 Å². The van der Waals surface area contributed by atoms with Gasteiger partial charge in [-0.3, -0.25) is 4.79 Å². The molecular weight excluding hydrogens is 353 g/mol. The van der Waals surface area contributed by atoms with Gasteiger partial charge in [0.25, 0.3) is 0 Å². The number of benzene rings is 2. The van der Waals surface area contributed by atoms with Gasteiger partial charge in [-0.1, -0.05) is 35.9 Å². The number of nitrogens with zero attached hydrogens (tertiary/aromatic N) is 1. The van der Waals surface area contributed by atoms with Crippen LogP contribution >= 0.6 is 11.6 Å². The Bertz CT molecular complexity index is 792. The average molecular weight is 369 g/mol. The molecule has 1 aliphatic heterocycles. The van der Waals surface area contributed by atoms with E-state index in [4.69, 9.17) is 11.6 Å². The summed E-state index contributed by atoms with van der Waals surface area (Å²) in [6.45, 7) is 1.05. The molecule has 0 saturated carbocycles. The minimum absolute atomic E-state index is 0.0684. The van der Waals surface area contributed by atoms with Gasteiger partial charge in [-0.25, -0.2) is 0 Å². The fraction of sp³-hybridized carbons (Fsp3) is 0.278. The van der Waals surface area contributed by atoms with Crippen LogP contribution < -0.4 is 5.32 Å². The molecule has 25 heavy (non-hydrogen) atoms. The van der Waals surface area contributed by atoms with E-state index in [0.717, 1.165) is 18.1 Å². The summed E-state index contributed by atoms with van der Waals surface area (Å²) >= 11 is 5.59. The van der Waals surface area contributed by atoms with E-state index in [0.29, 0.717) is 13.1 Å². The van der Waals surface area contributed by atoms with Crippen molar-refractivity contribution in [1.82, 2.24) is 4.90 Å². The second kappa shape index (κ2) is 6.96. The van der Waals surface area contributed by atoms with Crippen LogP contribution in [0.2, 0.25) is 5.02 Å². The molecule has 0 unspecified atom stereocenters. The molecule has 132 valence electrons. The first-order valence-electron chi connectivity index (χ1n) is 7.80. The lowest BCUT2D eigenvalue weighted by molar-refractivity contribution is -0.137. The molecule has 0 aliphatic carbocycles. The van der Waals surface area contributed by atoms with Crippen molar-refractivity contribution in [2.24, 2.45) is 0 Å². The smallest absolute Gasteiger partial charge is 0.376 e. The number of nitrogens with one attached hydrogen (secondary N) is 1. The summed E-state index contributed by atoms with van der Waals surface area (Å²) in [6, 6.07) is 11.4. The van der Waals surface area contributed by atoms with Crippen LogP contribution in [0.25, 0.3) is 0 Å². The second-order valence-electron chi connectivity index (χ2n) is 5.88. The number of halogens is 4. The van der Waals surface area contributed by atoms with E-state index in [1.807, 2.05) is 24.3 Å². The molecule has 7 heteroatoms. The molecule has 1 aliphatic rings. The third-order valence-corrected chi connectivity index (χ3v) is 4.53. The highest BCUT2D eigenvalue weighted by atomic mass is 35.5. The topological polar surface area (TPSA) is 32.3 Å². The van der Waals surface area contributed by atoms with E-state index in [9.17, 15) is 18.0 Å². The van der Waals surface area contributed by atoms with E-state index < -0.39 is 11.7 Å². The number of fused-ring (bicyclic) bond motifs is 1. The Labute approximate surface area is 148 Å². The summed E-state index contributed by atoms with van der Waals surface area (Å²) < 4.78 is 38.6. The lowest BCUT2D eigenvalue weighted by atomic mass is 10.00. The molecule has 1 heterocycles. The quantitative estimate of drug-likeness (QED) is 0.873. The molecule has 2 aromatic carbocycles. The highest BCUT2D eigenvalue weighted by molar-refractivity contribution is 6.31. The molecule has 1 amide bonds. The van der Waals surface area contributed by atoms with Crippen molar-refractivity contribution in [2.75, 3.05) is 18.4 Å². The zero-order chi connectivity index (χ0) is 18.0. The maximum Gasteiger partial charge on any atom is 0.417 e.